The molecule has 0 saturated carbocycles. The number of phosphoric acid groups is 4. The molecule has 0 aromatic carbocycles. The Bertz CT molecular complexity index is 2300. The Labute approximate surface area is 399 Å². The Morgan fingerprint density at radius 3 is 2.11 bits per heavy atom. The molecule has 2 unspecified atom stereocenters. The Morgan fingerprint density at radius 1 is 0.914 bits per heavy atom. The maximum Gasteiger partial charge on any atom is 0.481 e. The molecule has 16 N–H and O–H groups in total. The lowest BCUT2D eigenvalue weighted by atomic mass is 9.87. The summed E-state index contributed by atoms with van der Waals surface area (Å²) in [5.74, 6) is -1.73. The number of nitrogens with zero attached hydrogens (tertiary/aromatic N) is 4. The van der Waals surface area contributed by atoms with Gasteiger partial charge in [0.15, 0.2) is 22.8 Å². The van der Waals surface area contributed by atoms with Crippen LogP contribution in [-0.2, 0) is 69.4 Å². The maximum atomic E-state index is 12.6. The van der Waals surface area contributed by atoms with Crippen LogP contribution in [0.25, 0.3) is 11.2 Å². The number of rotatable bonds is 27. The quantitative estimate of drug-likeness (QED) is 0.0228. The lowest BCUT2D eigenvalue weighted by Gasteiger charge is -2.30. The number of ether oxygens (including phenoxy) is 1. The van der Waals surface area contributed by atoms with Gasteiger partial charge in [-0.15, -0.1) is 0 Å². The van der Waals surface area contributed by atoms with E-state index in [1.165, 1.54) is 20.8 Å². The second-order valence-corrected chi connectivity index (χ2v) is 21.9. The van der Waals surface area contributed by atoms with E-state index < -0.39 is 129 Å². The second kappa shape index (κ2) is 27.1. The van der Waals surface area contributed by atoms with Crippen molar-refractivity contribution < 1.29 is 124 Å². The van der Waals surface area contributed by atoms with E-state index in [1.54, 1.807) is 0 Å². The van der Waals surface area contributed by atoms with Gasteiger partial charge in [-0.2, -0.15) is 4.31 Å². The van der Waals surface area contributed by atoms with Crippen molar-refractivity contribution >= 4 is 89.2 Å². The largest absolute Gasteiger partial charge is 0.481 e. The zero-order valence-electron chi connectivity index (χ0n) is 37.0. The van der Waals surface area contributed by atoms with Gasteiger partial charge in [-0.1, -0.05) is 25.6 Å². The van der Waals surface area contributed by atoms with E-state index in [9.17, 15) is 87.3 Å². The number of nitrogen functional groups attached to an aromatic ring is 1. The number of aliphatic hydroxyl groups is 5. The molecule has 3 rings (SSSR count). The molecular formula is C31H54N8O26P4S. The summed E-state index contributed by atoms with van der Waals surface area (Å²) in [6.45, 7) is 2.01. The van der Waals surface area contributed by atoms with E-state index in [4.69, 9.17) is 29.3 Å². The van der Waals surface area contributed by atoms with Crippen LogP contribution in [0.1, 0.15) is 40.3 Å². The first-order valence-corrected chi connectivity index (χ1v) is 26.6. The van der Waals surface area contributed by atoms with Gasteiger partial charge in [0.05, 0.1) is 26.1 Å². The minimum absolute atomic E-state index is 0.0310. The lowest BCUT2D eigenvalue weighted by Crippen LogP contribution is -2.53. The van der Waals surface area contributed by atoms with Crippen LogP contribution in [-0.4, -0.2) is 191 Å². The maximum absolute atomic E-state index is 12.6. The van der Waals surface area contributed by atoms with Crippen molar-refractivity contribution in [3.05, 3.63) is 12.7 Å². The van der Waals surface area contributed by atoms with Crippen LogP contribution in [0.3, 0.4) is 0 Å². The molecule has 2 aromatic rings. The monoisotopic (exact) mass is 1110 g/mol. The lowest BCUT2D eigenvalue weighted by molar-refractivity contribution is -0.137. The van der Waals surface area contributed by atoms with Crippen molar-refractivity contribution in [1.82, 2.24) is 35.5 Å². The molecule has 70 heavy (non-hydrogen) atoms. The third-order valence-electron chi connectivity index (χ3n) is 8.85. The number of aromatic nitrogens is 4. The van der Waals surface area contributed by atoms with Crippen molar-refractivity contribution in [2.24, 2.45) is 5.41 Å². The van der Waals surface area contributed by atoms with Crippen molar-refractivity contribution in [3.8, 4) is 0 Å². The number of phosphoric ester groups is 4. The normalized spacial score (nSPS) is 21.4. The molecule has 400 valence electrons. The summed E-state index contributed by atoms with van der Waals surface area (Å²) in [6.07, 6.45) is -12.4. The number of nitrogens with two attached hydrogens (primary N) is 1. The fraction of sp³-hybridized carbons (Fsp3) is 0.677. The minimum atomic E-state index is -5.56. The van der Waals surface area contributed by atoms with Crippen molar-refractivity contribution in [3.63, 3.8) is 0 Å². The molecule has 39 heteroatoms. The molecule has 3 heterocycles. The van der Waals surface area contributed by atoms with Crippen molar-refractivity contribution in [1.29, 1.82) is 0 Å². The van der Waals surface area contributed by atoms with Gasteiger partial charge >= 0.3 is 31.3 Å². The number of amides is 3. The Kier molecular flexibility index (Phi) is 24.3. The zero-order chi connectivity index (χ0) is 53.6. The predicted molar refractivity (Wildman–Crippen MR) is 232 cm³/mol. The van der Waals surface area contributed by atoms with Crippen LogP contribution in [0, 0.1) is 5.41 Å². The Balaban J connectivity index is 0.000000744. The molecule has 0 bridgehead atoms. The molecular weight excluding hydrogens is 1060 g/mol. The number of aliphatic hydroxyl groups excluding tert-OH is 5. The Hall–Kier alpha value is -3.31. The first kappa shape index (κ1) is 62.8. The zero-order valence-corrected chi connectivity index (χ0v) is 41.4. The average Bonchev–Trinajstić information content (AvgIpc) is 3.80. The minimum Gasteiger partial charge on any atom is -0.388 e. The van der Waals surface area contributed by atoms with Gasteiger partial charge in [0.1, 0.15) is 66.9 Å². The molecule has 2 aromatic heterocycles. The number of hydrogen-bond acceptors (Lipinski definition) is 25. The molecule has 1 aliphatic heterocycles. The standard InChI is InChI=1S/C23H38N7O17P3S.C8H16NO9P/c1-12(31)51-7-6-25-14(32)4-5-26-21(35)18(34)23(2,3)9-44-50(41,42)47-49(39,40)43-8-13-17(46-48(36,37)38)16(33)22(45-13)30-11-29-15-19(24)27-10-28-20(15)30;1-4(11)9-5(2-10)7(13)8(14)6(12)3-18-19(15,16)17/h10-11,13,16-18,22,33-34H,4-9H2,1-3H3,(H,25,32)(H,26,35)(H,39,40)(H,41,42)(H2,24,27,28)(H2,36,37,38);2,5-8,12-14H,3H2,1H3,(H,9,11)(H2,15,16,17)/t13-,16-,17-,18+,22-;5-,6+,7+,8+/m10/s1. The average molecular weight is 1110 g/mol. The molecule has 0 spiro atoms. The molecule has 3 amide bonds. The molecule has 1 aliphatic rings. The number of imidazole rings is 1. The summed E-state index contributed by atoms with van der Waals surface area (Å²) in [5, 5.41) is 56.4. The molecule has 1 saturated heterocycles. The highest BCUT2D eigenvalue weighted by molar-refractivity contribution is 8.13. The van der Waals surface area contributed by atoms with Crippen LogP contribution in [0.2, 0.25) is 0 Å². The number of fused-ring (bicyclic) bond motifs is 1. The summed E-state index contributed by atoms with van der Waals surface area (Å²) >= 11 is 1.03. The molecule has 1 fully saturated rings. The van der Waals surface area contributed by atoms with Gasteiger partial charge in [0.25, 0.3) is 0 Å². The summed E-state index contributed by atoms with van der Waals surface area (Å²) in [4.78, 5) is 124. The predicted octanol–water partition coefficient (Wildman–Crippen LogP) is -4.43. The SMILES string of the molecule is CC(=O)N[C@@H](C=O)[C@@H](O)[C@H](O)[C@H](O)COP(=O)(O)O.CC(=O)SCCNC(=O)CCNC(=O)[C@H](O)C(C)(C)COP(=O)(O)OP(=O)(O)OC[C@H]1O[C@@H](n2cnc3c(N)ncnc32)[C@H](O)[C@@H]1OP(=O)(O)O. The molecule has 34 nitrogen and oxygen atoms in total. The first-order valence-electron chi connectivity index (χ1n) is 19.6. The third kappa shape index (κ3) is 21.4. The first-order chi connectivity index (χ1) is 32.1. The topological polar surface area (TPSA) is 537 Å². The van der Waals surface area contributed by atoms with Gasteiger partial charge in [-0.3, -0.25) is 41.8 Å². The number of aldehydes is 1. The third-order valence-corrected chi connectivity index (χ3v) is 13.2. The van der Waals surface area contributed by atoms with E-state index >= 15 is 0 Å². The van der Waals surface area contributed by atoms with Crippen molar-refractivity contribution in [2.75, 3.05) is 44.4 Å². The van der Waals surface area contributed by atoms with Crippen LogP contribution in [0.5, 0.6) is 0 Å². The number of carbonyl (C=O) groups is 5. The fourth-order valence-corrected chi connectivity index (χ4v) is 9.14. The summed E-state index contributed by atoms with van der Waals surface area (Å²) in [6, 6.07) is -1.47. The van der Waals surface area contributed by atoms with Gasteiger partial charge in [-0.25, -0.2) is 33.2 Å². The van der Waals surface area contributed by atoms with Gasteiger partial charge in [0, 0.05) is 44.5 Å². The van der Waals surface area contributed by atoms with Crippen LogP contribution >= 0.6 is 43.1 Å². The Morgan fingerprint density at radius 2 is 1.54 bits per heavy atom. The van der Waals surface area contributed by atoms with Gasteiger partial charge in [0.2, 0.25) is 17.7 Å². The van der Waals surface area contributed by atoms with Crippen molar-refractivity contribution in [2.45, 2.75) is 89.1 Å². The summed E-state index contributed by atoms with van der Waals surface area (Å²) in [7, 11) is -21.2. The highest BCUT2D eigenvalue weighted by atomic mass is 32.2. The second-order valence-electron chi connectivity index (χ2n) is 15.1. The molecule has 0 radical (unpaired) electrons. The van der Waals surface area contributed by atoms with Gasteiger partial charge < -0.3 is 86.1 Å². The van der Waals surface area contributed by atoms with E-state index in [2.05, 4.69) is 38.9 Å². The fourth-order valence-electron chi connectivity index (χ4n) is 5.47. The van der Waals surface area contributed by atoms with Crippen LogP contribution in [0.4, 0.5) is 5.82 Å². The molecule has 11 atom stereocenters. The smallest absolute Gasteiger partial charge is 0.388 e. The molecule has 0 aliphatic carbocycles. The van der Waals surface area contributed by atoms with E-state index in [0.717, 1.165) is 35.9 Å². The van der Waals surface area contributed by atoms with E-state index in [-0.39, 0.29) is 47.9 Å². The number of anilines is 1. The summed E-state index contributed by atoms with van der Waals surface area (Å²) in [5.41, 5.74) is 4.26. The highest BCUT2D eigenvalue weighted by Gasteiger charge is 2.50. The van der Waals surface area contributed by atoms with E-state index in [0.29, 0.717) is 5.75 Å². The summed E-state index contributed by atoms with van der Waals surface area (Å²) < 4.78 is 76.1. The van der Waals surface area contributed by atoms with Gasteiger partial charge in [-0.05, 0) is 0 Å². The highest BCUT2D eigenvalue weighted by Crippen LogP contribution is 2.61. The van der Waals surface area contributed by atoms with Crippen LogP contribution in [0.15, 0.2) is 12.7 Å². The number of hydrogen-bond donors (Lipinski definition) is 15. The number of nitrogens with one attached hydrogen (secondary N) is 3. The number of carbonyl (C=O) groups excluding carboxylic acids is 5. The van der Waals surface area contributed by atoms with Crippen LogP contribution < -0.4 is 21.7 Å². The van der Waals surface area contributed by atoms with E-state index in [1.807, 2.05) is 5.32 Å². The number of thioether (sulfide) groups is 1.